The Labute approximate surface area is 87.4 Å². The molecule has 0 amide bonds. The minimum Gasteiger partial charge on any atom is -0.228 e. The van der Waals surface area contributed by atoms with Gasteiger partial charge in [-0.2, -0.15) is 0 Å². The summed E-state index contributed by atoms with van der Waals surface area (Å²) >= 11 is 7.14. The van der Waals surface area contributed by atoms with Crippen LogP contribution in [0.2, 0.25) is 0 Å². The van der Waals surface area contributed by atoms with E-state index in [4.69, 9.17) is 11.6 Å². The molecule has 1 heterocycles. The van der Waals surface area contributed by atoms with Crippen LogP contribution in [0.25, 0.3) is 0 Å². The molecule has 0 radical (unpaired) electrons. The Morgan fingerprint density at radius 3 is 2.46 bits per heavy atom. The van der Waals surface area contributed by atoms with Gasteiger partial charge in [0, 0.05) is 22.2 Å². The minimum atomic E-state index is 0.618. The predicted octanol–water partition coefficient (Wildman–Crippen LogP) is 2.94. The maximum Gasteiger partial charge on any atom is 0.188 e. The lowest BCUT2D eigenvalue weighted by atomic mass is 10.4. The molecular formula is C9H11ClN2S. The Hall–Kier alpha value is -0.540. The van der Waals surface area contributed by atoms with Crippen molar-refractivity contribution < 1.29 is 0 Å². The lowest BCUT2D eigenvalue weighted by molar-refractivity contribution is 0.903. The van der Waals surface area contributed by atoms with Crippen LogP contribution in [0.5, 0.6) is 0 Å². The minimum absolute atomic E-state index is 0.618. The standard InChI is InChI=1S/C9H11ClN2S/c1-6(10)5-13-9-11-7(2)4-8(3)12-9/h4H,1,5H2,2-3H3. The molecule has 0 atom stereocenters. The van der Waals surface area contributed by atoms with Crippen molar-refractivity contribution in [3.8, 4) is 0 Å². The smallest absolute Gasteiger partial charge is 0.188 e. The zero-order valence-corrected chi connectivity index (χ0v) is 9.24. The Kier molecular flexibility index (Phi) is 3.75. The van der Waals surface area contributed by atoms with Crippen LogP contribution >= 0.6 is 23.4 Å². The van der Waals surface area contributed by atoms with E-state index < -0.39 is 0 Å². The van der Waals surface area contributed by atoms with E-state index >= 15 is 0 Å². The van der Waals surface area contributed by atoms with E-state index in [1.807, 2.05) is 19.9 Å². The lowest BCUT2D eigenvalue weighted by Crippen LogP contribution is -1.93. The normalized spacial score (nSPS) is 10.1. The molecule has 0 aliphatic rings. The van der Waals surface area contributed by atoms with Crippen LogP contribution in [0.3, 0.4) is 0 Å². The first-order valence-electron chi connectivity index (χ1n) is 3.86. The number of thioether (sulfide) groups is 1. The summed E-state index contributed by atoms with van der Waals surface area (Å²) < 4.78 is 0. The Bertz CT molecular complexity index is 305. The van der Waals surface area contributed by atoms with Crippen molar-refractivity contribution >= 4 is 23.4 Å². The van der Waals surface area contributed by atoms with Crippen molar-refractivity contribution in [3.63, 3.8) is 0 Å². The highest BCUT2D eigenvalue weighted by Gasteiger charge is 2.00. The fourth-order valence-corrected chi connectivity index (χ4v) is 1.77. The summed E-state index contributed by atoms with van der Waals surface area (Å²) in [5.41, 5.74) is 1.96. The van der Waals surface area contributed by atoms with Gasteiger partial charge in [-0.1, -0.05) is 29.9 Å². The molecule has 1 aromatic heterocycles. The number of hydrogen-bond donors (Lipinski definition) is 0. The predicted molar refractivity (Wildman–Crippen MR) is 57.2 cm³/mol. The molecule has 4 heteroatoms. The number of aryl methyl sites for hydroxylation is 2. The van der Waals surface area contributed by atoms with Gasteiger partial charge in [-0.15, -0.1) is 0 Å². The van der Waals surface area contributed by atoms with Crippen LogP contribution in [0.4, 0.5) is 0 Å². The Morgan fingerprint density at radius 1 is 1.46 bits per heavy atom. The highest BCUT2D eigenvalue weighted by Crippen LogP contribution is 2.17. The third-order valence-electron chi connectivity index (χ3n) is 1.32. The fourth-order valence-electron chi connectivity index (χ4n) is 0.901. The van der Waals surface area contributed by atoms with Gasteiger partial charge in [0.15, 0.2) is 5.16 Å². The molecule has 0 saturated heterocycles. The monoisotopic (exact) mass is 214 g/mol. The Morgan fingerprint density at radius 2 is 2.00 bits per heavy atom. The van der Waals surface area contributed by atoms with Crippen LogP contribution in [0.15, 0.2) is 22.8 Å². The number of nitrogens with zero attached hydrogens (tertiary/aromatic N) is 2. The molecule has 0 spiro atoms. The number of rotatable bonds is 3. The lowest BCUT2D eigenvalue weighted by Gasteiger charge is -2.01. The maximum absolute atomic E-state index is 5.64. The molecule has 0 aliphatic carbocycles. The molecular weight excluding hydrogens is 204 g/mol. The second-order valence-corrected chi connectivity index (χ2v) is 4.22. The van der Waals surface area contributed by atoms with Crippen LogP contribution in [0.1, 0.15) is 11.4 Å². The van der Waals surface area contributed by atoms with Crippen molar-refractivity contribution in [1.82, 2.24) is 9.97 Å². The molecule has 1 aromatic rings. The number of halogens is 1. The van der Waals surface area contributed by atoms with Crippen LogP contribution in [0, 0.1) is 13.8 Å². The van der Waals surface area contributed by atoms with Crippen LogP contribution in [-0.4, -0.2) is 15.7 Å². The first-order valence-corrected chi connectivity index (χ1v) is 5.22. The van der Waals surface area contributed by atoms with Gasteiger partial charge >= 0.3 is 0 Å². The highest BCUT2D eigenvalue weighted by atomic mass is 35.5. The second kappa shape index (κ2) is 4.63. The summed E-state index contributed by atoms with van der Waals surface area (Å²) in [7, 11) is 0. The summed E-state index contributed by atoms with van der Waals surface area (Å²) in [5.74, 6) is 0.657. The molecule has 2 nitrogen and oxygen atoms in total. The van der Waals surface area contributed by atoms with Crippen molar-refractivity contribution in [3.05, 3.63) is 29.1 Å². The molecule has 0 fully saturated rings. The number of aromatic nitrogens is 2. The van der Waals surface area contributed by atoms with Gasteiger partial charge in [-0.05, 0) is 19.9 Å². The maximum atomic E-state index is 5.64. The Balaban J connectivity index is 2.71. The van der Waals surface area contributed by atoms with Gasteiger partial charge in [0.2, 0.25) is 0 Å². The van der Waals surface area contributed by atoms with E-state index in [0.29, 0.717) is 10.8 Å². The molecule has 0 unspecified atom stereocenters. The first kappa shape index (κ1) is 10.5. The molecule has 0 N–H and O–H groups in total. The summed E-state index contributed by atoms with van der Waals surface area (Å²) in [4.78, 5) is 8.52. The third-order valence-corrected chi connectivity index (χ3v) is 2.55. The van der Waals surface area contributed by atoms with Crippen molar-refractivity contribution in [1.29, 1.82) is 0 Å². The molecule has 70 valence electrons. The summed E-state index contributed by atoms with van der Waals surface area (Å²) in [6.07, 6.45) is 0. The third kappa shape index (κ3) is 3.79. The van der Waals surface area contributed by atoms with Crippen LogP contribution in [-0.2, 0) is 0 Å². The fraction of sp³-hybridized carbons (Fsp3) is 0.333. The van der Waals surface area contributed by atoms with Gasteiger partial charge in [0.25, 0.3) is 0 Å². The zero-order chi connectivity index (χ0) is 9.84. The zero-order valence-electron chi connectivity index (χ0n) is 7.67. The highest BCUT2D eigenvalue weighted by molar-refractivity contribution is 7.99. The second-order valence-electron chi connectivity index (χ2n) is 2.74. The van der Waals surface area contributed by atoms with Crippen molar-refractivity contribution in [2.75, 3.05) is 5.75 Å². The van der Waals surface area contributed by atoms with E-state index in [9.17, 15) is 0 Å². The van der Waals surface area contributed by atoms with E-state index in [1.54, 1.807) is 0 Å². The van der Waals surface area contributed by atoms with E-state index in [1.165, 1.54) is 11.8 Å². The van der Waals surface area contributed by atoms with Gasteiger partial charge < -0.3 is 0 Å². The van der Waals surface area contributed by atoms with Crippen molar-refractivity contribution in [2.24, 2.45) is 0 Å². The van der Waals surface area contributed by atoms with Crippen LogP contribution < -0.4 is 0 Å². The molecule has 1 rings (SSSR count). The molecule has 13 heavy (non-hydrogen) atoms. The topological polar surface area (TPSA) is 25.8 Å². The largest absolute Gasteiger partial charge is 0.228 e. The first-order chi connectivity index (χ1) is 6.08. The van der Waals surface area contributed by atoms with Crippen molar-refractivity contribution in [2.45, 2.75) is 19.0 Å². The van der Waals surface area contributed by atoms with Gasteiger partial charge in [0.1, 0.15) is 0 Å². The SMILES string of the molecule is C=C(Cl)CSc1nc(C)cc(C)n1. The summed E-state index contributed by atoms with van der Waals surface area (Å²) in [5, 5.41) is 1.38. The molecule has 0 bridgehead atoms. The molecule has 0 saturated carbocycles. The summed E-state index contributed by atoms with van der Waals surface area (Å²) in [6.45, 7) is 7.51. The average molecular weight is 215 g/mol. The molecule has 0 aromatic carbocycles. The quantitative estimate of drug-likeness (QED) is 0.572. The van der Waals surface area contributed by atoms with Gasteiger partial charge in [-0.25, -0.2) is 9.97 Å². The molecule has 0 aliphatic heterocycles. The van der Waals surface area contributed by atoms with Gasteiger partial charge in [0.05, 0.1) is 0 Å². The van der Waals surface area contributed by atoms with E-state index in [0.717, 1.165) is 16.5 Å². The summed E-state index contributed by atoms with van der Waals surface area (Å²) in [6, 6.07) is 1.94. The average Bonchev–Trinajstić information content (AvgIpc) is 1.99. The number of hydrogen-bond acceptors (Lipinski definition) is 3. The van der Waals surface area contributed by atoms with E-state index in [-0.39, 0.29) is 0 Å². The van der Waals surface area contributed by atoms with E-state index in [2.05, 4.69) is 16.5 Å². The van der Waals surface area contributed by atoms with Gasteiger partial charge in [-0.3, -0.25) is 0 Å².